The van der Waals surface area contributed by atoms with Gasteiger partial charge < -0.3 is 29.2 Å². The zero-order valence-corrected chi connectivity index (χ0v) is 26.5. The number of benzene rings is 3. The fourth-order valence-corrected chi connectivity index (χ4v) is 5.80. The van der Waals surface area contributed by atoms with Crippen LogP contribution in [0.25, 0.3) is 11.1 Å². The van der Waals surface area contributed by atoms with E-state index in [0.717, 1.165) is 72.5 Å². The molecule has 0 radical (unpaired) electrons. The SMILES string of the molecule is COC(=O)Cc1ccccc1OCc1cc(-c2cccc(C(C)NC(=O)OC(C)(C)C)c2)cc(N2CCC3(CCO3)CC2)c1. The van der Waals surface area contributed by atoms with Gasteiger partial charge in [0.25, 0.3) is 0 Å². The van der Waals surface area contributed by atoms with Gasteiger partial charge in [0, 0.05) is 24.3 Å². The van der Waals surface area contributed by atoms with E-state index in [1.54, 1.807) is 0 Å². The number of nitrogens with zero attached hydrogens (tertiary/aromatic N) is 1. The zero-order valence-electron chi connectivity index (χ0n) is 26.5. The Morgan fingerprint density at radius 1 is 0.977 bits per heavy atom. The number of hydrogen-bond acceptors (Lipinski definition) is 7. The van der Waals surface area contributed by atoms with Gasteiger partial charge in [-0.15, -0.1) is 0 Å². The third-order valence-electron chi connectivity index (χ3n) is 8.37. The highest BCUT2D eigenvalue weighted by Crippen LogP contribution is 2.39. The first-order valence-electron chi connectivity index (χ1n) is 15.4. The van der Waals surface area contributed by atoms with Crippen molar-refractivity contribution >= 4 is 17.7 Å². The number of alkyl carbamates (subject to hydrolysis) is 1. The molecule has 5 rings (SSSR count). The van der Waals surface area contributed by atoms with Gasteiger partial charge in [-0.05, 0) is 99.5 Å². The third-order valence-corrected chi connectivity index (χ3v) is 8.37. The lowest BCUT2D eigenvalue weighted by Crippen LogP contribution is -2.52. The van der Waals surface area contributed by atoms with Gasteiger partial charge in [-0.25, -0.2) is 4.79 Å². The van der Waals surface area contributed by atoms with Crippen LogP contribution in [0.4, 0.5) is 10.5 Å². The Morgan fingerprint density at radius 3 is 2.41 bits per heavy atom. The minimum atomic E-state index is -0.566. The van der Waals surface area contributed by atoms with E-state index in [0.29, 0.717) is 12.4 Å². The third kappa shape index (κ3) is 7.91. The Morgan fingerprint density at radius 2 is 1.73 bits per heavy atom. The van der Waals surface area contributed by atoms with Gasteiger partial charge in [-0.3, -0.25) is 4.79 Å². The van der Waals surface area contributed by atoms with Crippen LogP contribution >= 0.6 is 0 Å². The maximum Gasteiger partial charge on any atom is 0.408 e. The number of anilines is 1. The second-order valence-corrected chi connectivity index (χ2v) is 12.8. The molecule has 2 fully saturated rings. The zero-order chi connectivity index (χ0) is 31.3. The fourth-order valence-electron chi connectivity index (χ4n) is 5.80. The number of nitrogens with one attached hydrogen (secondary N) is 1. The molecule has 2 aliphatic rings. The summed E-state index contributed by atoms with van der Waals surface area (Å²) in [7, 11) is 1.39. The minimum Gasteiger partial charge on any atom is -0.489 e. The summed E-state index contributed by atoms with van der Waals surface area (Å²) in [5.41, 5.74) is 5.55. The second-order valence-electron chi connectivity index (χ2n) is 12.8. The largest absolute Gasteiger partial charge is 0.489 e. The second kappa shape index (κ2) is 13.3. The summed E-state index contributed by atoms with van der Waals surface area (Å²) >= 11 is 0. The van der Waals surface area contributed by atoms with Crippen molar-refractivity contribution in [1.82, 2.24) is 5.32 Å². The summed E-state index contributed by atoms with van der Waals surface area (Å²) in [5, 5.41) is 2.95. The van der Waals surface area contributed by atoms with E-state index in [2.05, 4.69) is 40.5 Å². The molecular weight excluding hydrogens is 556 g/mol. The molecule has 0 saturated carbocycles. The average molecular weight is 601 g/mol. The summed E-state index contributed by atoms with van der Waals surface area (Å²) in [6.07, 6.45) is 2.90. The molecule has 8 heteroatoms. The lowest BCUT2D eigenvalue weighted by atomic mass is 9.84. The molecule has 234 valence electrons. The van der Waals surface area contributed by atoms with Gasteiger partial charge in [0.15, 0.2) is 0 Å². The first-order valence-corrected chi connectivity index (χ1v) is 15.4. The van der Waals surface area contributed by atoms with Crippen molar-refractivity contribution < 1.29 is 28.5 Å². The molecule has 3 aromatic carbocycles. The molecule has 8 nitrogen and oxygen atoms in total. The van der Waals surface area contributed by atoms with E-state index in [1.165, 1.54) is 7.11 Å². The van der Waals surface area contributed by atoms with E-state index in [4.69, 9.17) is 18.9 Å². The molecule has 1 atom stereocenters. The Balaban J connectivity index is 1.40. The highest BCUT2D eigenvalue weighted by Gasteiger charge is 2.41. The molecule has 0 aliphatic carbocycles. The van der Waals surface area contributed by atoms with Crippen LogP contribution in [0.5, 0.6) is 5.75 Å². The number of para-hydroxylation sites is 1. The summed E-state index contributed by atoms with van der Waals surface area (Å²) < 4.78 is 22.6. The van der Waals surface area contributed by atoms with Crippen molar-refractivity contribution in [2.75, 3.05) is 31.7 Å². The molecule has 0 bridgehead atoms. The van der Waals surface area contributed by atoms with Crippen molar-refractivity contribution in [1.29, 1.82) is 0 Å². The number of methoxy groups -OCH3 is 1. The first-order chi connectivity index (χ1) is 21.0. The maximum absolute atomic E-state index is 12.4. The van der Waals surface area contributed by atoms with Crippen molar-refractivity contribution in [3.63, 3.8) is 0 Å². The molecule has 1 spiro atoms. The van der Waals surface area contributed by atoms with Crippen molar-refractivity contribution in [3.05, 3.63) is 83.4 Å². The van der Waals surface area contributed by atoms with Gasteiger partial charge in [0.2, 0.25) is 0 Å². The molecule has 1 amide bonds. The van der Waals surface area contributed by atoms with E-state index < -0.39 is 11.7 Å². The van der Waals surface area contributed by atoms with Gasteiger partial charge in [-0.2, -0.15) is 0 Å². The molecule has 0 aromatic heterocycles. The number of carbonyl (C=O) groups is 2. The number of amides is 1. The van der Waals surface area contributed by atoms with Crippen LogP contribution in [-0.2, 0) is 32.0 Å². The van der Waals surface area contributed by atoms with E-state index in [9.17, 15) is 9.59 Å². The van der Waals surface area contributed by atoms with Crippen LogP contribution in [0.2, 0.25) is 0 Å². The van der Waals surface area contributed by atoms with Crippen LogP contribution in [0.1, 0.15) is 69.7 Å². The number of rotatable bonds is 9. The first kappa shape index (κ1) is 31.4. The van der Waals surface area contributed by atoms with Crippen LogP contribution in [0.15, 0.2) is 66.7 Å². The Hall–Kier alpha value is -4.04. The summed E-state index contributed by atoms with van der Waals surface area (Å²) in [4.78, 5) is 26.8. The molecule has 1 unspecified atom stereocenters. The maximum atomic E-state index is 12.4. The normalized spacial score (nSPS) is 16.5. The summed E-state index contributed by atoms with van der Waals surface area (Å²) in [6, 6.07) is 22.2. The standard InChI is InChI=1S/C36H44N2O6/c1-25(37-34(40)44-35(2,3)4)27-10-8-11-28(21-27)30-19-26(24-42-32-12-7-6-9-29(32)23-33(39)41-5)20-31(22-30)38-16-13-36(14-17-38)15-18-43-36/h6-12,19-22,25H,13-18,23-24H2,1-5H3,(H,37,40). The van der Waals surface area contributed by atoms with Crippen LogP contribution in [-0.4, -0.2) is 50.1 Å². The Bertz CT molecular complexity index is 1470. The Labute approximate surface area is 260 Å². The Kier molecular flexibility index (Phi) is 9.49. The number of carbonyl (C=O) groups excluding carboxylic acids is 2. The van der Waals surface area contributed by atoms with Crippen molar-refractivity contribution in [3.8, 4) is 16.9 Å². The highest BCUT2D eigenvalue weighted by atomic mass is 16.6. The molecule has 2 saturated heterocycles. The lowest BCUT2D eigenvalue weighted by molar-refractivity contribution is -0.158. The van der Waals surface area contributed by atoms with E-state index in [1.807, 2.05) is 64.1 Å². The number of esters is 1. The smallest absolute Gasteiger partial charge is 0.408 e. The van der Waals surface area contributed by atoms with Crippen LogP contribution in [0, 0.1) is 0 Å². The predicted molar refractivity (Wildman–Crippen MR) is 171 cm³/mol. The molecule has 44 heavy (non-hydrogen) atoms. The molecule has 2 aliphatic heterocycles. The molecule has 2 heterocycles. The van der Waals surface area contributed by atoms with E-state index >= 15 is 0 Å². The van der Waals surface area contributed by atoms with Crippen LogP contribution in [0.3, 0.4) is 0 Å². The molecule has 1 N–H and O–H groups in total. The molecule has 3 aromatic rings. The quantitative estimate of drug-likeness (QED) is 0.265. The highest BCUT2D eigenvalue weighted by molar-refractivity contribution is 5.74. The molecular formula is C36H44N2O6. The van der Waals surface area contributed by atoms with Crippen LogP contribution < -0.4 is 15.0 Å². The minimum absolute atomic E-state index is 0.0645. The van der Waals surface area contributed by atoms with Crippen molar-refractivity contribution in [2.24, 2.45) is 0 Å². The lowest BCUT2D eigenvalue weighted by Gasteiger charge is -2.48. The predicted octanol–water partition coefficient (Wildman–Crippen LogP) is 6.99. The monoisotopic (exact) mass is 600 g/mol. The number of ether oxygens (including phenoxy) is 4. The average Bonchev–Trinajstić information content (AvgIpc) is 2.98. The van der Waals surface area contributed by atoms with Gasteiger partial charge in [-0.1, -0.05) is 36.4 Å². The summed E-state index contributed by atoms with van der Waals surface area (Å²) in [5.74, 6) is 0.356. The summed E-state index contributed by atoms with van der Waals surface area (Å²) in [6.45, 7) is 10.6. The fraction of sp³-hybridized carbons (Fsp3) is 0.444. The number of piperidine rings is 1. The van der Waals surface area contributed by atoms with Gasteiger partial charge in [0.1, 0.15) is 18.0 Å². The van der Waals surface area contributed by atoms with Crippen molar-refractivity contribution in [2.45, 2.75) is 77.2 Å². The van der Waals surface area contributed by atoms with Gasteiger partial charge >= 0.3 is 12.1 Å². The van der Waals surface area contributed by atoms with Gasteiger partial charge in [0.05, 0.1) is 31.8 Å². The van der Waals surface area contributed by atoms with E-state index in [-0.39, 0.29) is 24.0 Å². The topological polar surface area (TPSA) is 86.3 Å². The number of hydrogen-bond donors (Lipinski definition) is 1.